The lowest BCUT2D eigenvalue weighted by molar-refractivity contribution is -0.124. The van der Waals surface area contributed by atoms with Gasteiger partial charge in [-0.25, -0.2) is 9.78 Å². The van der Waals surface area contributed by atoms with E-state index in [0.29, 0.717) is 35.4 Å². The third-order valence-electron chi connectivity index (χ3n) is 5.85. The van der Waals surface area contributed by atoms with Crippen molar-refractivity contribution in [2.24, 2.45) is 0 Å². The summed E-state index contributed by atoms with van der Waals surface area (Å²) in [6.07, 6.45) is 2.17. The van der Waals surface area contributed by atoms with Crippen molar-refractivity contribution in [1.29, 1.82) is 0 Å². The van der Waals surface area contributed by atoms with Gasteiger partial charge < -0.3 is 15.4 Å². The zero-order valence-corrected chi connectivity index (χ0v) is 19.2. The van der Waals surface area contributed by atoms with Gasteiger partial charge in [0.2, 0.25) is 5.91 Å². The SMILES string of the molecule is O=C(NC1CC1)c1ccc(-c2csc(NC(=O)[C@@H]3CCN3C(=O)OCc3ccccc3)n2)cc1. The maximum absolute atomic E-state index is 12.7. The number of benzene rings is 2. The van der Waals surface area contributed by atoms with Crippen molar-refractivity contribution in [1.82, 2.24) is 15.2 Å². The molecule has 0 unspecified atom stereocenters. The molecule has 1 saturated heterocycles. The first-order valence-corrected chi connectivity index (χ1v) is 12.1. The van der Waals surface area contributed by atoms with Crippen LogP contribution >= 0.6 is 11.3 Å². The lowest BCUT2D eigenvalue weighted by Gasteiger charge is -2.38. The van der Waals surface area contributed by atoms with Crippen molar-refractivity contribution in [3.05, 3.63) is 71.1 Å². The highest BCUT2D eigenvalue weighted by molar-refractivity contribution is 7.14. The van der Waals surface area contributed by atoms with Crippen molar-refractivity contribution in [2.75, 3.05) is 11.9 Å². The van der Waals surface area contributed by atoms with Crippen LogP contribution in [-0.4, -0.2) is 46.4 Å². The fourth-order valence-corrected chi connectivity index (χ4v) is 4.34. The number of amides is 3. The van der Waals surface area contributed by atoms with Gasteiger partial charge in [0.15, 0.2) is 5.13 Å². The van der Waals surface area contributed by atoms with E-state index in [4.69, 9.17) is 4.74 Å². The molecule has 2 heterocycles. The number of thiazole rings is 1. The lowest BCUT2D eigenvalue weighted by Crippen LogP contribution is -2.56. The number of aromatic nitrogens is 1. The van der Waals surface area contributed by atoms with Gasteiger partial charge in [-0.3, -0.25) is 14.5 Å². The van der Waals surface area contributed by atoms with Crippen LogP contribution in [0.4, 0.5) is 9.93 Å². The Labute approximate surface area is 201 Å². The summed E-state index contributed by atoms with van der Waals surface area (Å²) < 4.78 is 5.34. The van der Waals surface area contributed by atoms with Gasteiger partial charge in [0, 0.05) is 29.1 Å². The Morgan fingerprint density at radius 1 is 1.03 bits per heavy atom. The second-order valence-electron chi connectivity index (χ2n) is 8.39. The number of carbonyl (C=O) groups is 3. The van der Waals surface area contributed by atoms with E-state index in [-0.39, 0.29) is 18.4 Å². The third kappa shape index (κ3) is 5.09. The first-order valence-electron chi connectivity index (χ1n) is 11.2. The van der Waals surface area contributed by atoms with Crippen LogP contribution in [0.15, 0.2) is 60.0 Å². The molecule has 3 aromatic rings. The topological polar surface area (TPSA) is 101 Å². The highest BCUT2D eigenvalue weighted by atomic mass is 32.1. The van der Waals surface area contributed by atoms with Gasteiger partial charge in [-0.15, -0.1) is 11.3 Å². The Morgan fingerprint density at radius 2 is 1.79 bits per heavy atom. The molecule has 3 amide bonds. The number of hydrogen-bond acceptors (Lipinski definition) is 6. The molecule has 0 radical (unpaired) electrons. The molecule has 1 atom stereocenters. The summed E-state index contributed by atoms with van der Waals surface area (Å²) in [4.78, 5) is 43.1. The van der Waals surface area contributed by atoms with Gasteiger partial charge in [0.1, 0.15) is 12.6 Å². The molecule has 2 aromatic carbocycles. The van der Waals surface area contributed by atoms with Crippen LogP contribution in [0.5, 0.6) is 0 Å². The van der Waals surface area contributed by atoms with Crippen LogP contribution in [0.3, 0.4) is 0 Å². The minimum absolute atomic E-state index is 0.0624. The van der Waals surface area contributed by atoms with E-state index < -0.39 is 12.1 Å². The molecule has 8 nitrogen and oxygen atoms in total. The summed E-state index contributed by atoms with van der Waals surface area (Å²) in [5, 5.41) is 8.08. The maximum atomic E-state index is 12.7. The van der Waals surface area contributed by atoms with Crippen LogP contribution in [0.1, 0.15) is 35.2 Å². The Bertz CT molecular complexity index is 1190. The quantitative estimate of drug-likeness (QED) is 0.536. The molecule has 1 aliphatic carbocycles. The average Bonchev–Trinajstić information content (AvgIpc) is 3.52. The van der Waals surface area contributed by atoms with Gasteiger partial charge in [-0.1, -0.05) is 42.5 Å². The molecular formula is C25H24N4O4S. The van der Waals surface area contributed by atoms with Crippen LogP contribution in [0.2, 0.25) is 0 Å². The molecule has 2 N–H and O–H groups in total. The summed E-state index contributed by atoms with van der Waals surface area (Å²) in [6, 6.07) is 16.4. The molecule has 5 rings (SSSR count). The van der Waals surface area contributed by atoms with Crippen molar-refractivity contribution in [2.45, 2.75) is 38.0 Å². The molecule has 9 heteroatoms. The first-order chi connectivity index (χ1) is 16.6. The lowest BCUT2D eigenvalue weighted by atomic mass is 10.0. The Hall–Kier alpha value is -3.72. The zero-order chi connectivity index (χ0) is 23.5. The minimum atomic E-state index is -0.570. The van der Waals surface area contributed by atoms with Gasteiger partial charge in [0.05, 0.1) is 5.69 Å². The van der Waals surface area contributed by atoms with Crippen LogP contribution in [-0.2, 0) is 16.1 Å². The Balaban J connectivity index is 1.14. The number of likely N-dealkylation sites (tertiary alicyclic amines) is 1. The van der Waals surface area contributed by atoms with Crippen LogP contribution in [0, 0.1) is 0 Å². The number of nitrogens with one attached hydrogen (secondary N) is 2. The second kappa shape index (κ2) is 9.64. The third-order valence-corrected chi connectivity index (χ3v) is 6.61. The van der Waals surface area contributed by atoms with E-state index in [1.165, 1.54) is 16.2 Å². The second-order valence-corrected chi connectivity index (χ2v) is 9.25. The average molecular weight is 477 g/mol. The Morgan fingerprint density at radius 3 is 2.47 bits per heavy atom. The summed E-state index contributed by atoms with van der Waals surface area (Å²) in [5.74, 6) is -0.344. The van der Waals surface area contributed by atoms with Gasteiger partial charge in [-0.05, 0) is 37.0 Å². The van der Waals surface area contributed by atoms with E-state index in [2.05, 4.69) is 15.6 Å². The van der Waals surface area contributed by atoms with Gasteiger partial charge in [0.25, 0.3) is 5.91 Å². The Kier molecular flexibility index (Phi) is 6.27. The summed E-state index contributed by atoms with van der Waals surface area (Å²) in [7, 11) is 0. The minimum Gasteiger partial charge on any atom is -0.445 e. The van der Waals surface area contributed by atoms with Crippen molar-refractivity contribution in [3.63, 3.8) is 0 Å². The van der Waals surface area contributed by atoms with E-state index >= 15 is 0 Å². The largest absolute Gasteiger partial charge is 0.445 e. The number of anilines is 1. The molecule has 1 aliphatic heterocycles. The van der Waals surface area contributed by atoms with E-state index in [1.807, 2.05) is 47.8 Å². The smallest absolute Gasteiger partial charge is 0.410 e. The van der Waals surface area contributed by atoms with Crippen molar-refractivity contribution < 1.29 is 19.1 Å². The summed E-state index contributed by atoms with van der Waals surface area (Å²) in [6.45, 7) is 0.650. The van der Waals surface area contributed by atoms with E-state index in [1.54, 1.807) is 12.1 Å². The molecule has 174 valence electrons. The molecule has 0 bridgehead atoms. The zero-order valence-electron chi connectivity index (χ0n) is 18.4. The van der Waals surface area contributed by atoms with Gasteiger partial charge in [-0.2, -0.15) is 0 Å². The van der Waals surface area contributed by atoms with Crippen molar-refractivity contribution in [3.8, 4) is 11.3 Å². The molecule has 1 saturated carbocycles. The predicted molar refractivity (Wildman–Crippen MR) is 128 cm³/mol. The number of hydrogen-bond donors (Lipinski definition) is 2. The highest BCUT2D eigenvalue weighted by Crippen LogP contribution is 2.27. The predicted octanol–water partition coefficient (Wildman–Crippen LogP) is 4.05. The van der Waals surface area contributed by atoms with Gasteiger partial charge >= 0.3 is 6.09 Å². The summed E-state index contributed by atoms with van der Waals surface area (Å²) in [5.41, 5.74) is 3.07. The fourth-order valence-electron chi connectivity index (χ4n) is 3.62. The maximum Gasteiger partial charge on any atom is 0.410 e. The number of carbonyl (C=O) groups excluding carboxylic acids is 3. The monoisotopic (exact) mass is 476 g/mol. The number of rotatable bonds is 7. The van der Waals surface area contributed by atoms with Crippen molar-refractivity contribution >= 4 is 34.4 Å². The fraction of sp³-hybridized carbons (Fsp3) is 0.280. The summed E-state index contributed by atoms with van der Waals surface area (Å²) >= 11 is 1.31. The highest BCUT2D eigenvalue weighted by Gasteiger charge is 2.39. The normalized spacial score (nSPS) is 16.9. The van der Waals surface area contributed by atoms with E-state index in [0.717, 1.165) is 24.0 Å². The van der Waals surface area contributed by atoms with Crippen LogP contribution < -0.4 is 10.6 Å². The molecule has 34 heavy (non-hydrogen) atoms. The molecule has 2 aliphatic rings. The molecule has 1 aromatic heterocycles. The molecule has 0 spiro atoms. The first kappa shape index (κ1) is 22.1. The number of nitrogens with zero attached hydrogens (tertiary/aromatic N) is 2. The van der Waals surface area contributed by atoms with Crippen LogP contribution in [0.25, 0.3) is 11.3 Å². The van der Waals surface area contributed by atoms with E-state index in [9.17, 15) is 14.4 Å². The molecule has 2 fully saturated rings. The molecular weight excluding hydrogens is 452 g/mol. The standard InChI is InChI=1S/C25H24N4O4S/c30-22(26-19-10-11-19)18-8-6-17(7-9-18)20-15-34-24(27-20)28-23(31)21-12-13-29(21)25(32)33-14-16-4-2-1-3-5-16/h1-9,15,19,21H,10-14H2,(H,26,30)(H,27,28,31)/t21-/m0/s1. The number of ether oxygens (including phenoxy) is 1.